The van der Waals surface area contributed by atoms with Crippen molar-refractivity contribution in [1.29, 1.82) is 5.26 Å². The summed E-state index contributed by atoms with van der Waals surface area (Å²) in [7, 11) is 1.20. The lowest BCUT2D eigenvalue weighted by Gasteiger charge is -2.16. The molecule has 0 aromatic heterocycles. The Morgan fingerprint density at radius 3 is 2.54 bits per heavy atom. The number of carbonyl (C=O) groups is 2. The van der Waals surface area contributed by atoms with Crippen molar-refractivity contribution >= 4 is 17.6 Å². The molecule has 26 heavy (non-hydrogen) atoms. The number of nitriles is 1. The van der Waals surface area contributed by atoms with E-state index in [9.17, 15) is 19.7 Å². The molecule has 0 aliphatic heterocycles. The number of methoxy groups -OCH3 is 1. The predicted molar refractivity (Wildman–Crippen MR) is 91.2 cm³/mol. The molecule has 8 nitrogen and oxygen atoms in total. The zero-order valence-electron chi connectivity index (χ0n) is 13.8. The molecule has 0 saturated carbocycles. The van der Waals surface area contributed by atoms with Crippen LogP contribution in [0.1, 0.15) is 21.5 Å². The zero-order chi connectivity index (χ0) is 19.1. The number of nitro benzene ring substituents is 1. The molecule has 1 amide bonds. The number of esters is 1. The number of carbonyl (C=O) groups excluding carboxylic acids is 2. The van der Waals surface area contributed by atoms with E-state index in [1.807, 2.05) is 6.07 Å². The molecule has 2 rings (SSSR count). The minimum absolute atomic E-state index is 0.0629. The van der Waals surface area contributed by atoms with Crippen molar-refractivity contribution in [1.82, 2.24) is 5.32 Å². The topological polar surface area (TPSA) is 122 Å². The maximum Gasteiger partial charge on any atom is 0.328 e. The average molecular weight is 353 g/mol. The molecule has 0 spiro atoms. The van der Waals surface area contributed by atoms with Crippen LogP contribution in [-0.2, 0) is 16.0 Å². The molecule has 0 aliphatic rings. The number of amides is 1. The quantitative estimate of drug-likeness (QED) is 0.481. The Morgan fingerprint density at radius 1 is 1.27 bits per heavy atom. The van der Waals surface area contributed by atoms with Crippen LogP contribution in [0.15, 0.2) is 48.5 Å². The molecule has 8 heteroatoms. The highest BCUT2D eigenvalue weighted by atomic mass is 16.6. The van der Waals surface area contributed by atoms with Crippen LogP contribution < -0.4 is 5.32 Å². The van der Waals surface area contributed by atoms with E-state index in [2.05, 4.69) is 5.32 Å². The van der Waals surface area contributed by atoms with Crippen molar-refractivity contribution in [3.8, 4) is 6.07 Å². The van der Waals surface area contributed by atoms with E-state index in [0.29, 0.717) is 5.56 Å². The van der Waals surface area contributed by atoms with E-state index in [-0.39, 0.29) is 17.7 Å². The van der Waals surface area contributed by atoms with Gasteiger partial charge in [0.25, 0.3) is 11.6 Å². The first-order chi connectivity index (χ1) is 12.4. The Hall–Kier alpha value is -3.73. The SMILES string of the molecule is COC(=O)[C@H](Cc1ccc(C#N)cc1)NC(=O)c1cccc([N+](=O)[O-])c1. The highest BCUT2D eigenvalue weighted by Crippen LogP contribution is 2.14. The maximum atomic E-state index is 12.4. The molecule has 0 heterocycles. The smallest absolute Gasteiger partial charge is 0.328 e. The van der Waals surface area contributed by atoms with E-state index >= 15 is 0 Å². The fourth-order valence-corrected chi connectivity index (χ4v) is 2.29. The lowest BCUT2D eigenvalue weighted by Crippen LogP contribution is -2.43. The first-order valence-electron chi connectivity index (χ1n) is 7.56. The maximum absolute atomic E-state index is 12.4. The van der Waals surface area contributed by atoms with Gasteiger partial charge < -0.3 is 10.1 Å². The lowest BCUT2D eigenvalue weighted by molar-refractivity contribution is -0.384. The van der Waals surface area contributed by atoms with Gasteiger partial charge in [-0.2, -0.15) is 5.26 Å². The summed E-state index contributed by atoms with van der Waals surface area (Å²) in [5, 5.41) is 22.2. The number of nitrogens with zero attached hydrogens (tertiary/aromatic N) is 2. The number of hydrogen-bond donors (Lipinski definition) is 1. The number of non-ortho nitro benzene ring substituents is 1. The number of benzene rings is 2. The molecule has 132 valence electrons. The zero-order valence-corrected chi connectivity index (χ0v) is 13.8. The Kier molecular flexibility index (Phi) is 6.01. The van der Waals surface area contributed by atoms with Gasteiger partial charge in [-0.25, -0.2) is 4.79 Å². The van der Waals surface area contributed by atoms with E-state index in [0.717, 1.165) is 11.6 Å². The number of nitrogens with one attached hydrogen (secondary N) is 1. The van der Waals surface area contributed by atoms with Gasteiger partial charge in [-0.3, -0.25) is 14.9 Å². The van der Waals surface area contributed by atoms with Gasteiger partial charge in [-0.05, 0) is 23.8 Å². The number of ether oxygens (including phenoxy) is 1. The van der Waals surface area contributed by atoms with Crippen LogP contribution in [0.5, 0.6) is 0 Å². The molecule has 1 atom stereocenters. The van der Waals surface area contributed by atoms with Crippen molar-refractivity contribution in [2.45, 2.75) is 12.5 Å². The van der Waals surface area contributed by atoms with Gasteiger partial charge in [-0.1, -0.05) is 18.2 Å². The summed E-state index contributed by atoms with van der Waals surface area (Å²) in [6.45, 7) is 0. The first kappa shape index (κ1) is 18.6. The van der Waals surface area contributed by atoms with Crippen molar-refractivity contribution in [2.75, 3.05) is 7.11 Å². The van der Waals surface area contributed by atoms with Crippen LogP contribution in [-0.4, -0.2) is 30.0 Å². The molecule has 0 unspecified atom stereocenters. The summed E-state index contributed by atoms with van der Waals surface area (Å²) in [5.41, 5.74) is 1.04. The number of nitro groups is 1. The van der Waals surface area contributed by atoms with E-state index < -0.39 is 22.8 Å². The van der Waals surface area contributed by atoms with Gasteiger partial charge in [0.2, 0.25) is 0 Å². The van der Waals surface area contributed by atoms with Gasteiger partial charge in [0, 0.05) is 24.1 Å². The fourth-order valence-electron chi connectivity index (χ4n) is 2.29. The van der Waals surface area contributed by atoms with Crippen molar-refractivity contribution in [3.05, 3.63) is 75.3 Å². The highest BCUT2D eigenvalue weighted by molar-refractivity contribution is 5.97. The van der Waals surface area contributed by atoms with Gasteiger partial charge in [0.15, 0.2) is 0 Å². The Balaban J connectivity index is 2.17. The second-order valence-electron chi connectivity index (χ2n) is 5.37. The summed E-state index contributed by atoms with van der Waals surface area (Å²) < 4.78 is 4.71. The van der Waals surface area contributed by atoms with Crippen molar-refractivity contribution in [3.63, 3.8) is 0 Å². The summed E-state index contributed by atoms with van der Waals surface area (Å²) in [4.78, 5) is 34.6. The second-order valence-corrected chi connectivity index (χ2v) is 5.37. The molecule has 0 bridgehead atoms. The first-order valence-corrected chi connectivity index (χ1v) is 7.56. The second kappa shape index (κ2) is 8.39. The monoisotopic (exact) mass is 353 g/mol. The third-order valence-corrected chi connectivity index (χ3v) is 3.63. The summed E-state index contributed by atoms with van der Waals surface area (Å²) >= 11 is 0. The molecule has 0 radical (unpaired) electrons. The van der Waals surface area contributed by atoms with Gasteiger partial charge in [-0.15, -0.1) is 0 Å². The molecule has 1 N–H and O–H groups in total. The molecule has 0 aliphatic carbocycles. The van der Waals surface area contributed by atoms with Crippen LogP contribution in [0.4, 0.5) is 5.69 Å². The fraction of sp³-hybridized carbons (Fsp3) is 0.167. The molecule has 0 saturated heterocycles. The van der Waals surface area contributed by atoms with Crippen LogP contribution >= 0.6 is 0 Å². The number of rotatable bonds is 6. The van der Waals surface area contributed by atoms with Crippen LogP contribution in [0.2, 0.25) is 0 Å². The normalized spacial score (nSPS) is 11.1. The van der Waals surface area contributed by atoms with Crippen molar-refractivity contribution in [2.24, 2.45) is 0 Å². The molecule has 2 aromatic rings. The van der Waals surface area contributed by atoms with E-state index in [1.165, 1.54) is 25.3 Å². The lowest BCUT2D eigenvalue weighted by atomic mass is 10.0. The average Bonchev–Trinajstić information content (AvgIpc) is 2.67. The van der Waals surface area contributed by atoms with Gasteiger partial charge in [0.1, 0.15) is 6.04 Å². The van der Waals surface area contributed by atoms with Crippen LogP contribution in [0.3, 0.4) is 0 Å². The summed E-state index contributed by atoms with van der Waals surface area (Å²) in [5.74, 6) is -1.27. The van der Waals surface area contributed by atoms with Crippen LogP contribution in [0.25, 0.3) is 0 Å². The molecular formula is C18H15N3O5. The Labute approximate surface area is 149 Å². The third kappa shape index (κ3) is 4.64. The summed E-state index contributed by atoms with van der Waals surface area (Å²) in [6.07, 6.45) is 0.152. The summed E-state index contributed by atoms with van der Waals surface area (Å²) in [6, 6.07) is 12.8. The number of hydrogen-bond acceptors (Lipinski definition) is 6. The Bertz CT molecular complexity index is 871. The Morgan fingerprint density at radius 2 is 1.96 bits per heavy atom. The van der Waals surface area contributed by atoms with Gasteiger partial charge >= 0.3 is 5.97 Å². The van der Waals surface area contributed by atoms with Crippen molar-refractivity contribution < 1.29 is 19.2 Å². The minimum Gasteiger partial charge on any atom is -0.467 e. The molecular weight excluding hydrogens is 338 g/mol. The largest absolute Gasteiger partial charge is 0.467 e. The third-order valence-electron chi connectivity index (χ3n) is 3.63. The standard InChI is InChI=1S/C18H15N3O5/c1-26-18(23)16(9-12-5-7-13(11-19)8-6-12)20-17(22)14-3-2-4-15(10-14)21(24)25/h2-8,10,16H,9H2,1H3,(H,20,22)/t16-/m0/s1. The van der Waals surface area contributed by atoms with E-state index in [1.54, 1.807) is 24.3 Å². The minimum atomic E-state index is -0.973. The van der Waals surface area contributed by atoms with E-state index in [4.69, 9.17) is 10.00 Å². The van der Waals surface area contributed by atoms with Crippen LogP contribution in [0, 0.1) is 21.4 Å². The highest BCUT2D eigenvalue weighted by Gasteiger charge is 2.23. The predicted octanol–water partition coefficient (Wildman–Crippen LogP) is 1.98. The molecule has 2 aromatic carbocycles. The van der Waals surface area contributed by atoms with Gasteiger partial charge in [0.05, 0.1) is 23.7 Å². The molecule has 0 fully saturated rings.